The van der Waals surface area contributed by atoms with E-state index in [0.29, 0.717) is 17.1 Å². The van der Waals surface area contributed by atoms with Crippen molar-refractivity contribution in [1.82, 2.24) is 5.43 Å². The highest BCUT2D eigenvalue weighted by atomic mass is 16.7. The molecule has 0 aliphatic carbocycles. The molecular formula is C25H23N3O3. The SMILES string of the molecule is Cc1cc2c(cc1C)CN(c1cccc(C(=O)NN=Cc3ccc4c(c3)OCO4)c1)C2. The van der Waals surface area contributed by atoms with Crippen molar-refractivity contribution in [2.75, 3.05) is 11.7 Å². The first-order valence-electron chi connectivity index (χ1n) is 10.2. The molecule has 0 saturated heterocycles. The Bertz CT molecular complexity index is 1170. The fraction of sp³-hybridized carbons (Fsp3) is 0.200. The van der Waals surface area contributed by atoms with Gasteiger partial charge in [0.25, 0.3) is 5.91 Å². The Morgan fingerprint density at radius 3 is 2.48 bits per heavy atom. The van der Waals surface area contributed by atoms with E-state index in [1.807, 2.05) is 36.4 Å². The second kappa shape index (κ2) is 7.80. The molecule has 0 unspecified atom stereocenters. The largest absolute Gasteiger partial charge is 0.454 e. The minimum atomic E-state index is -0.248. The number of hydrogen-bond donors (Lipinski definition) is 1. The Kier molecular flexibility index (Phi) is 4.82. The van der Waals surface area contributed by atoms with Crippen molar-refractivity contribution < 1.29 is 14.3 Å². The van der Waals surface area contributed by atoms with E-state index in [1.165, 1.54) is 22.3 Å². The van der Waals surface area contributed by atoms with Gasteiger partial charge in [0.05, 0.1) is 6.21 Å². The van der Waals surface area contributed by atoms with Gasteiger partial charge in [-0.05, 0) is 78.1 Å². The van der Waals surface area contributed by atoms with Crippen LogP contribution in [-0.2, 0) is 13.1 Å². The lowest BCUT2D eigenvalue weighted by Gasteiger charge is -2.18. The first kappa shape index (κ1) is 19.2. The number of rotatable bonds is 4. The lowest BCUT2D eigenvalue weighted by Crippen LogP contribution is -2.19. The minimum Gasteiger partial charge on any atom is -0.454 e. The van der Waals surface area contributed by atoms with Crippen LogP contribution >= 0.6 is 0 Å². The maximum absolute atomic E-state index is 12.6. The molecule has 3 aromatic rings. The molecule has 156 valence electrons. The summed E-state index contributed by atoms with van der Waals surface area (Å²) in [5, 5.41) is 4.09. The van der Waals surface area contributed by atoms with E-state index in [4.69, 9.17) is 9.47 Å². The number of carbonyl (C=O) groups is 1. The van der Waals surface area contributed by atoms with Gasteiger partial charge in [-0.2, -0.15) is 5.10 Å². The van der Waals surface area contributed by atoms with Crippen LogP contribution in [0.5, 0.6) is 11.5 Å². The molecule has 5 rings (SSSR count). The summed E-state index contributed by atoms with van der Waals surface area (Å²) in [4.78, 5) is 14.9. The van der Waals surface area contributed by atoms with Gasteiger partial charge in [-0.25, -0.2) is 5.43 Å². The highest BCUT2D eigenvalue weighted by molar-refractivity contribution is 5.95. The Hall–Kier alpha value is -3.80. The van der Waals surface area contributed by atoms with Gasteiger partial charge in [0.15, 0.2) is 11.5 Å². The summed E-state index contributed by atoms with van der Waals surface area (Å²) in [6, 6.07) is 17.7. The van der Waals surface area contributed by atoms with Crippen molar-refractivity contribution in [1.29, 1.82) is 0 Å². The van der Waals surface area contributed by atoms with E-state index in [9.17, 15) is 4.79 Å². The molecule has 0 radical (unpaired) electrons. The molecule has 3 aromatic carbocycles. The predicted molar refractivity (Wildman–Crippen MR) is 120 cm³/mol. The molecule has 0 spiro atoms. The summed E-state index contributed by atoms with van der Waals surface area (Å²) in [7, 11) is 0. The highest BCUT2D eigenvalue weighted by Crippen LogP contribution is 2.32. The van der Waals surface area contributed by atoms with Crippen LogP contribution in [0.15, 0.2) is 59.7 Å². The van der Waals surface area contributed by atoms with Crippen LogP contribution in [-0.4, -0.2) is 18.9 Å². The summed E-state index contributed by atoms with van der Waals surface area (Å²) in [5.74, 6) is 1.15. The molecule has 0 atom stereocenters. The molecular weight excluding hydrogens is 390 g/mol. The lowest BCUT2D eigenvalue weighted by atomic mass is 10.0. The van der Waals surface area contributed by atoms with Gasteiger partial charge in [0.2, 0.25) is 6.79 Å². The van der Waals surface area contributed by atoms with Gasteiger partial charge in [0.1, 0.15) is 0 Å². The average molecular weight is 413 g/mol. The van der Waals surface area contributed by atoms with Crippen LogP contribution in [0.4, 0.5) is 5.69 Å². The van der Waals surface area contributed by atoms with E-state index < -0.39 is 0 Å². The predicted octanol–water partition coefficient (Wildman–Crippen LogP) is 4.32. The van der Waals surface area contributed by atoms with Crippen molar-refractivity contribution in [3.8, 4) is 11.5 Å². The number of hydrogen-bond acceptors (Lipinski definition) is 5. The zero-order valence-electron chi connectivity index (χ0n) is 17.5. The molecule has 0 fully saturated rings. The summed E-state index contributed by atoms with van der Waals surface area (Å²) in [6.45, 7) is 6.22. The Labute approximate surface area is 181 Å². The second-order valence-electron chi connectivity index (χ2n) is 7.92. The van der Waals surface area contributed by atoms with Gasteiger partial charge in [-0.1, -0.05) is 18.2 Å². The number of fused-ring (bicyclic) bond motifs is 2. The second-order valence-corrected chi connectivity index (χ2v) is 7.92. The van der Waals surface area contributed by atoms with E-state index in [2.05, 4.69) is 41.4 Å². The van der Waals surface area contributed by atoms with Crippen LogP contribution in [0.3, 0.4) is 0 Å². The van der Waals surface area contributed by atoms with Crippen molar-refractivity contribution >= 4 is 17.8 Å². The number of ether oxygens (including phenoxy) is 2. The number of nitrogens with one attached hydrogen (secondary N) is 1. The number of hydrazone groups is 1. The molecule has 6 nitrogen and oxygen atoms in total. The maximum atomic E-state index is 12.6. The number of aryl methyl sites for hydroxylation is 2. The Morgan fingerprint density at radius 1 is 0.968 bits per heavy atom. The zero-order chi connectivity index (χ0) is 21.4. The van der Waals surface area contributed by atoms with E-state index in [-0.39, 0.29) is 12.7 Å². The first-order valence-corrected chi connectivity index (χ1v) is 10.2. The van der Waals surface area contributed by atoms with Crippen LogP contribution in [0, 0.1) is 13.8 Å². The number of carbonyl (C=O) groups excluding carboxylic acids is 1. The van der Waals surface area contributed by atoms with Gasteiger partial charge < -0.3 is 14.4 Å². The van der Waals surface area contributed by atoms with Crippen molar-refractivity contribution in [2.45, 2.75) is 26.9 Å². The first-order chi connectivity index (χ1) is 15.1. The van der Waals surface area contributed by atoms with Gasteiger partial charge >= 0.3 is 0 Å². The topological polar surface area (TPSA) is 63.2 Å². The fourth-order valence-electron chi connectivity index (χ4n) is 3.95. The number of benzene rings is 3. The fourth-order valence-corrected chi connectivity index (χ4v) is 3.95. The van der Waals surface area contributed by atoms with Crippen LogP contribution < -0.4 is 19.8 Å². The summed E-state index contributed by atoms with van der Waals surface area (Å²) >= 11 is 0. The quantitative estimate of drug-likeness (QED) is 0.511. The molecule has 0 aromatic heterocycles. The molecule has 6 heteroatoms. The van der Waals surface area contributed by atoms with Crippen LogP contribution in [0.2, 0.25) is 0 Å². The Morgan fingerprint density at radius 2 is 1.71 bits per heavy atom. The molecule has 0 saturated carbocycles. The molecule has 1 N–H and O–H groups in total. The third-order valence-electron chi connectivity index (χ3n) is 5.79. The van der Waals surface area contributed by atoms with Gasteiger partial charge in [0, 0.05) is 24.3 Å². The third kappa shape index (κ3) is 3.84. The average Bonchev–Trinajstić information content (AvgIpc) is 3.40. The zero-order valence-corrected chi connectivity index (χ0v) is 17.5. The van der Waals surface area contributed by atoms with E-state index >= 15 is 0 Å². The molecule has 2 heterocycles. The monoisotopic (exact) mass is 413 g/mol. The lowest BCUT2D eigenvalue weighted by molar-refractivity contribution is 0.0955. The molecule has 0 bridgehead atoms. The van der Waals surface area contributed by atoms with E-state index in [0.717, 1.165) is 24.3 Å². The Balaban J connectivity index is 1.26. The summed E-state index contributed by atoms with van der Waals surface area (Å²) in [5.41, 5.74) is 10.4. The highest BCUT2D eigenvalue weighted by Gasteiger charge is 2.21. The molecule has 1 amide bonds. The maximum Gasteiger partial charge on any atom is 0.271 e. The summed E-state index contributed by atoms with van der Waals surface area (Å²) < 4.78 is 10.7. The minimum absolute atomic E-state index is 0.227. The van der Waals surface area contributed by atoms with Crippen molar-refractivity contribution in [3.05, 3.63) is 88.0 Å². The smallest absolute Gasteiger partial charge is 0.271 e. The van der Waals surface area contributed by atoms with Gasteiger partial charge in [-0.3, -0.25) is 4.79 Å². The standard InChI is InChI=1S/C25H23N3O3/c1-16-8-20-13-28(14-21(20)9-17(16)2)22-5-3-4-19(11-22)25(29)27-26-12-18-6-7-23-24(10-18)31-15-30-23/h3-12H,13-15H2,1-2H3,(H,27,29). The van der Waals surface area contributed by atoms with Crippen LogP contribution in [0.1, 0.15) is 38.2 Å². The molecule has 2 aliphatic rings. The number of anilines is 1. The van der Waals surface area contributed by atoms with Crippen LogP contribution in [0.25, 0.3) is 0 Å². The van der Waals surface area contributed by atoms with Crippen molar-refractivity contribution in [2.24, 2.45) is 5.10 Å². The molecule has 2 aliphatic heterocycles. The third-order valence-corrected chi connectivity index (χ3v) is 5.79. The van der Waals surface area contributed by atoms with Gasteiger partial charge in [-0.15, -0.1) is 0 Å². The normalized spacial score (nSPS) is 14.2. The van der Waals surface area contributed by atoms with E-state index in [1.54, 1.807) is 12.3 Å². The number of nitrogens with zero attached hydrogens (tertiary/aromatic N) is 2. The number of amides is 1. The molecule has 31 heavy (non-hydrogen) atoms. The summed E-state index contributed by atoms with van der Waals surface area (Å²) in [6.07, 6.45) is 1.59. The van der Waals surface area contributed by atoms with Crippen molar-refractivity contribution in [3.63, 3.8) is 0 Å².